The Morgan fingerprint density at radius 3 is 2.57 bits per heavy atom. The van der Waals surface area contributed by atoms with Crippen LogP contribution in [0.2, 0.25) is 0 Å². The number of carbonyl (C=O) groups is 1. The molecule has 152 valence electrons. The Kier molecular flexibility index (Phi) is 6.24. The highest BCUT2D eigenvalue weighted by atomic mass is 32.2. The van der Waals surface area contributed by atoms with E-state index < -0.39 is 0 Å². The van der Waals surface area contributed by atoms with E-state index in [0.717, 1.165) is 10.6 Å². The zero-order chi connectivity index (χ0) is 20.8. The fraction of sp³-hybridized carbons (Fsp3) is 0.182. The van der Waals surface area contributed by atoms with Gasteiger partial charge in [-0.05, 0) is 54.4 Å². The highest BCUT2D eigenvalue weighted by molar-refractivity contribution is 8.00. The molecule has 1 aliphatic heterocycles. The third kappa shape index (κ3) is 4.96. The van der Waals surface area contributed by atoms with Gasteiger partial charge in [-0.2, -0.15) is 0 Å². The Labute approximate surface area is 179 Å². The van der Waals surface area contributed by atoms with E-state index in [1.54, 1.807) is 41.8 Å². The monoisotopic (exact) mass is 419 g/mol. The number of hydrogen-bond donors (Lipinski definition) is 0. The number of hydrogen-bond acceptors (Lipinski definition) is 7. The van der Waals surface area contributed by atoms with Gasteiger partial charge in [-0.3, -0.25) is 19.0 Å². The second kappa shape index (κ2) is 9.41. The Bertz CT molecular complexity index is 999. The van der Waals surface area contributed by atoms with Crippen LogP contribution in [-0.2, 0) is 0 Å². The molecule has 7 nitrogen and oxygen atoms in total. The molecular weight excluding hydrogens is 398 g/mol. The van der Waals surface area contributed by atoms with Gasteiger partial charge in [-0.1, -0.05) is 18.2 Å². The van der Waals surface area contributed by atoms with Gasteiger partial charge in [0.15, 0.2) is 0 Å². The maximum atomic E-state index is 12.5. The first-order valence-electron chi connectivity index (χ1n) is 9.50. The summed E-state index contributed by atoms with van der Waals surface area (Å²) in [5.74, 6) is 1.37. The Hall–Kier alpha value is -3.39. The summed E-state index contributed by atoms with van der Waals surface area (Å²) in [6, 6.07) is 18.8. The van der Waals surface area contributed by atoms with Crippen LogP contribution in [0, 0.1) is 0 Å². The van der Waals surface area contributed by atoms with Crippen LogP contribution in [0.5, 0.6) is 5.75 Å². The van der Waals surface area contributed by atoms with E-state index in [0.29, 0.717) is 24.7 Å². The van der Waals surface area contributed by atoms with Gasteiger partial charge in [-0.25, -0.2) is 9.97 Å². The molecule has 3 aromatic rings. The molecule has 4 rings (SSSR count). The minimum Gasteiger partial charge on any atom is -0.491 e. The van der Waals surface area contributed by atoms with Gasteiger partial charge in [0.25, 0.3) is 5.91 Å². The summed E-state index contributed by atoms with van der Waals surface area (Å²) >= 11 is 1.54. The lowest BCUT2D eigenvalue weighted by Crippen LogP contribution is -2.32. The number of amides is 1. The summed E-state index contributed by atoms with van der Waals surface area (Å²) in [6.45, 7) is 0.933. The number of carbonyl (C=O) groups excluding carboxylic acids is 1. The van der Waals surface area contributed by atoms with Crippen molar-refractivity contribution in [3.8, 4) is 5.75 Å². The molecule has 30 heavy (non-hydrogen) atoms. The molecule has 2 heterocycles. The van der Waals surface area contributed by atoms with Crippen molar-refractivity contribution in [3.63, 3.8) is 0 Å². The molecule has 0 fully saturated rings. The molecule has 1 aromatic heterocycles. The van der Waals surface area contributed by atoms with Crippen LogP contribution in [0.15, 0.2) is 82.9 Å². The smallest absolute Gasteiger partial charge is 0.259 e. The Balaban J connectivity index is 1.26. The van der Waals surface area contributed by atoms with Gasteiger partial charge in [0.2, 0.25) is 5.95 Å². The van der Waals surface area contributed by atoms with E-state index in [9.17, 15) is 4.79 Å². The molecule has 8 heteroatoms. The minimum absolute atomic E-state index is 0.0465. The maximum Gasteiger partial charge on any atom is 0.259 e. The number of ether oxygens (including phenoxy) is 1. The normalized spacial score (nSPS) is 15.2. The van der Waals surface area contributed by atoms with Gasteiger partial charge < -0.3 is 4.74 Å². The van der Waals surface area contributed by atoms with Gasteiger partial charge in [0.05, 0.1) is 12.9 Å². The Morgan fingerprint density at radius 2 is 1.83 bits per heavy atom. The van der Waals surface area contributed by atoms with E-state index in [-0.39, 0.29) is 11.9 Å². The lowest BCUT2D eigenvalue weighted by atomic mass is 10.2. The SMILES string of the molecule is CN(Sc1ccc(OCC2CN(C(=O)c3ccccc3)C=N2)cc1)c1ncccn1. The standard InChI is InChI=1S/C22H21N5O2S/c1-26(22-23-12-5-13-24-22)30-20-10-8-19(9-11-20)29-15-18-14-27(16-25-18)21(28)17-6-3-2-4-7-17/h2-13,16,18H,14-15H2,1H3. The van der Waals surface area contributed by atoms with Gasteiger partial charge in [0, 0.05) is 29.9 Å². The van der Waals surface area contributed by atoms with Crippen LogP contribution >= 0.6 is 11.9 Å². The van der Waals surface area contributed by atoms with Crippen molar-refractivity contribution < 1.29 is 9.53 Å². The predicted molar refractivity (Wildman–Crippen MR) is 118 cm³/mol. The number of benzene rings is 2. The summed E-state index contributed by atoms with van der Waals surface area (Å²) in [5.41, 5.74) is 0.657. The van der Waals surface area contributed by atoms with E-state index in [4.69, 9.17) is 4.74 Å². The van der Waals surface area contributed by atoms with Crippen LogP contribution in [-0.4, -0.2) is 53.4 Å². The summed E-state index contributed by atoms with van der Waals surface area (Å²) in [7, 11) is 1.92. The highest BCUT2D eigenvalue weighted by Crippen LogP contribution is 2.26. The zero-order valence-corrected chi connectivity index (χ0v) is 17.3. The lowest BCUT2D eigenvalue weighted by Gasteiger charge is -2.16. The number of rotatable bonds is 7. The number of nitrogens with zero attached hydrogens (tertiary/aromatic N) is 5. The van der Waals surface area contributed by atoms with Crippen molar-refractivity contribution in [2.45, 2.75) is 10.9 Å². The minimum atomic E-state index is -0.0759. The maximum absolute atomic E-state index is 12.5. The second-order valence-electron chi connectivity index (χ2n) is 6.66. The quantitative estimate of drug-likeness (QED) is 0.546. The summed E-state index contributed by atoms with van der Waals surface area (Å²) < 4.78 is 7.77. The number of anilines is 1. The molecular formula is C22H21N5O2S. The van der Waals surface area contributed by atoms with E-state index in [1.807, 2.05) is 53.8 Å². The molecule has 1 atom stereocenters. The third-order valence-corrected chi connectivity index (χ3v) is 5.37. The van der Waals surface area contributed by atoms with Gasteiger partial charge >= 0.3 is 0 Å². The van der Waals surface area contributed by atoms with Crippen LogP contribution in [0.25, 0.3) is 0 Å². The summed E-state index contributed by atoms with van der Waals surface area (Å²) in [4.78, 5) is 28.0. The average molecular weight is 420 g/mol. The number of aliphatic imine (C=N–C) groups is 1. The molecule has 0 aliphatic carbocycles. The first-order chi connectivity index (χ1) is 14.7. The van der Waals surface area contributed by atoms with Crippen LogP contribution < -0.4 is 9.04 Å². The number of aromatic nitrogens is 2. The van der Waals surface area contributed by atoms with E-state index in [1.165, 1.54) is 11.9 Å². The average Bonchev–Trinajstić information content (AvgIpc) is 3.28. The third-order valence-electron chi connectivity index (χ3n) is 4.45. The van der Waals surface area contributed by atoms with Crippen LogP contribution in [0.1, 0.15) is 10.4 Å². The van der Waals surface area contributed by atoms with Crippen LogP contribution in [0.3, 0.4) is 0 Å². The van der Waals surface area contributed by atoms with E-state index in [2.05, 4.69) is 15.0 Å². The van der Waals surface area contributed by atoms with E-state index >= 15 is 0 Å². The van der Waals surface area contributed by atoms with Crippen molar-refractivity contribution >= 4 is 30.1 Å². The fourth-order valence-corrected chi connectivity index (χ4v) is 3.67. The fourth-order valence-electron chi connectivity index (χ4n) is 2.92. The molecule has 0 radical (unpaired) electrons. The van der Waals surface area contributed by atoms with Crippen molar-refractivity contribution in [2.75, 3.05) is 24.5 Å². The molecule has 1 unspecified atom stereocenters. The largest absolute Gasteiger partial charge is 0.491 e. The Morgan fingerprint density at radius 1 is 1.10 bits per heavy atom. The summed E-state index contributed by atoms with van der Waals surface area (Å²) in [6.07, 6.45) is 5.04. The highest BCUT2D eigenvalue weighted by Gasteiger charge is 2.23. The molecule has 1 aliphatic rings. The molecule has 1 amide bonds. The van der Waals surface area contributed by atoms with Gasteiger partial charge in [-0.15, -0.1) is 0 Å². The molecule has 2 aromatic carbocycles. The lowest BCUT2D eigenvalue weighted by molar-refractivity contribution is 0.0853. The van der Waals surface area contributed by atoms with Crippen molar-refractivity contribution in [3.05, 3.63) is 78.6 Å². The second-order valence-corrected chi connectivity index (χ2v) is 7.86. The zero-order valence-electron chi connectivity index (χ0n) is 16.5. The van der Waals surface area contributed by atoms with Gasteiger partial charge in [0.1, 0.15) is 18.4 Å². The molecule has 0 bridgehead atoms. The topological polar surface area (TPSA) is 70.9 Å². The van der Waals surface area contributed by atoms with Crippen LogP contribution in [0.4, 0.5) is 5.95 Å². The molecule has 0 saturated heterocycles. The molecule has 0 N–H and O–H groups in total. The molecule has 0 spiro atoms. The van der Waals surface area contributed by atoms with Crippen molar-refractivity contribution in [2.24, 2.45) is 4.99 Å². The van der Waals surface area contributed by atoms with Crippen molar-refractivity contribution in [1.82, 2.24) is 14.9 Å². The molecule has 0 saturated carbocycles. The first-order valence-corrected chi connectivity index (χ1v) is 10.3. The summed E-state index contributed by atoms with van der Waals surface area (Å²) in [5, 5.41) is 0. The first kappa shape index (κ1) is 19.9. The predicted octanol–water partition coefficient (Wildman–Crippen LogP) is 3.55. The van der Waals surface area contributed by atoms with Crippen molar-refractivity contribution in [1.29, 1.82) is 0 Å².